The molecular weight excluding hydrogens is 422 g/mol. The van der Waals surface area contributed by atoms with Crippen LogP contribution < -0.4 is 20.1 Å². The molecule has 0 bridgehead atoms. The van der Waals surface area contributed by atoms with E-state index in [0.717, 1.165) is 0 Å². The molecule has 0 unspecified atom stereocenters. The second kappa shape index (κ2) is 10.4. The van der Waals surface area contributed by atoms with Gasteiger partial charge in [-0.2, -0.15) is 0 Å². The topological polar surface area (TPSA) is 100 Å². The minimum absolute atomic E-state index is 0.0409. The van der Waals surface area contributed by atoms with E-state index in [1.165, 1.54) is 20.3 Å². The number of amides is 2. The largest absolute Gasteiger partial charge is 0.506 e. The van der Waals surface area contributed by atoms with Crippen molar-refractivity contribution >= 4 is 34.8 Å². The predicted molar refractivity (Wildman–Crippen MR) is 119 cm³/mol. The predicted octanol–water partition coefficient (Wildman–Crippen LogP) is 3.35. The minimum Gasteiger partial charge on any atom is -0.506 e. The Morgan fingerprint density at radius 2 is 1.74 bits per heavy atom. The monoisotopic (exact) mass is 447 g/mol. The zero-order valence-electron chi connectivity index (χ0n) is 17.5. The average molecular weight is 448 g/mol. The summed E-state index contributed by atoms with van der Waals surface area (Å²) in [6, 6.07) is 9.85. The number of carbonyl (C=O) groups excluding carboxylic acids is 2. The fourth-order valence-electron chi connectivity index (χ4n) is 3.52. The number of nitrogens with zero attached hydrogens (tertiary/aromatic N) is 1. The van der Waals surface area contributed by atoms with Gasteiger partial charge in [0.2, 0.25) is 11.8 Å². The molecule has 8 nitrogen and oxygen atoms in total. The van der Waals surface area contributed by atoms with Crippen LogP contribution in [0.15, 0.2) is 36.4 Å². The van der Waals surface area contributed by atoms with Crippen LogP contribution in [0, 0.1) is 5.92 Å². The normalized spacial score (nSPS) is 14.7. The van der Waals surface area contributed by atoms with Crippen molar-refractivity contribution < 1.29 is 24.2 Å². The third-order valence-corrected chi connectivity index (χ3v) is 5.53. The van der Waals surface area contributed by atoms with Gasteiger partial charge in [0, 0.05) is 18.1 Å². The Morgan fingerprint density at radius 1 is 1.06 bits per heavy atom. The van der Waals surface area contributed by atoms with E-state index in [9.17, 15) is 14.7 Å². The molecule has 2 aromatic carbocycles. The molecule has 31 heavy (non-hydrogen) atoms. The van der Waals surface area contributed by atoms with Crippen molar-refractivity contribution in [3.8, 4) is 17.2 Å². The molecule has 0 radical (unpaired) electrons. The highest BCUT2D eigenvalue weighted by atomic mass is 35.5. The zero-order chi connectivity index (χ0) is 22.4. The summed E-state index contributed by atoms with van der Waals surface area (Å²) in [6.07, 6.45) is 1.26. The summed E-state index contributed by atoms with van der Waals surface area (Å²) in [4.78, 5) is 27.0. The first-order chi connectivity index (χ1) is 14.9. The van der Waals surface area contributed by atoms with Crippen molar-refractivity contribution in [2.45, 2.75) is 12.8 Å². The van der Waals surface area contributed by atoms with Crippen molar-refractivity contribution in [2.24, 2.45) is 5.92 Å². The second-order valence-corrected chi connectivity index (χ2v) is 7.70. The molecule has 2 aromatic rings. The maximum atomic E-state index is 12.5. The summed E-state index contributed by atoms with van der Waals surface area (Å²) in [6.45, 7) is 1.43. The molecule has 2 amide bonds. The average Bonchev–Trinajstić information content (AvgIpc) is 2.76. The summed E-state index contributed by atoms with van der Waals surface area (Å²) in [5.74, 6) is 0.440. The molecule has 0 aliphatic carbocycles. The summed E-state index contributed by atoms with van der Waals surface area (Å²) in [5.41, 5.74) is 0.882. The number of rotatable bonds is 7. The van der Waals surface area contributed by atoms with Crippen LogP contribution >= 0.6 is 11.6 Å². The SMILES string of the molecule is COc1cc(NC(=O)CN2CCC(C(=O)Nc3ccccc3O)CC2)c(OC)cc1Cl. The molecule has 3 rings (SSSR count). The number of benzene rings is 2. The van der Waals surface area contributed by atoms with Crippen LogP contribution in [0.4, 0.5) is 11.4 Å². The second-order valence-electron chi connectivity index (χ2n) is 7.29. The van der Waals surface area contributed by atoms with Crippen LogP contribution in [0.5, 0.6) is 17.2 Å². The molecule has 1 heterocycles. The Labute approximate surface area is 186 Å². The summed E-state index contributed by atoms with van der Waals surface area (Å²) >= 11 is 6.10. The summed E-state index contributed by atoms with van der Waals surface area (Å²) in [5, 5.41) is 15.8. The van der Waals surface area contributed by atoms with Gasteiger partial charge in [0.25, 0.3) is 0 Å². The first-order valence-corrected chi connectivity index (χ1v) is 10.3. The molecular formula is C22H26ClN3O5. The van der Waals surface area contributed by atoms with Crippen molar-refractivity contribution in [3.63, 3.8) is 0 Å². The highest BCUT2D eigenvalue weighted by Gasteiger charge is 2.26. The molecule has 0 spiro atoms. The Hall–Kier alpha value is -2.97. The fraction of sp³-hybridized carbons (Fsp3) is 0.364. The van der Waals surface area contributed by atoms with Gasteiger partial charge in [-0.05, 0) is 38.1 Å². The number of para-hydroxylation sites is 2. The number of aromatic hydroxyl groups is 1. The maximum Gasteiger partial charge on any atom is 0.238 e. The van der Waals surface area contributed by atoms with Gasteiger partial charge in [0.15, 0.2) is 0 Å². The third kappa shape index (κ3) is 5.80. The number of phenolic OH excluding ortho intramolecular Hbond substituents is 1. The summed E-state index contributed by atoms with van der Waals surface area (Å²) < 4.78 is 10.5. The van der Waals surface area contributed by atoms with Crippen molar-refractivity contribution in [1.82, 2.24) is 4.90 Å². The van der Waals surface area contributed by atoms with Gasteiger partial charge >= 0.3 is 0 Å². The highest BCUT2D eigenvalue weighted by Crippen LogP contribution is 2.36. The number of methoxy groups -OCH3 is 2. The Morgan fingerprint density at radius 3 is 2.39 bits per heavy atom. The lowest BCUT2D eigenvalue weighted by atomic mass is 9.95. The number of halogens is 1. The standard InChI is InChI=1S/C22H26ClN3O5/c1-30-19-12-17(20(31-2)11-15(19)23)24-21(28)13-26-9-7-14(8-10-26)22(29)25-16-5-3-4-6-18(16)27/h3-6,11-12,14,27H,7-10,13H2,1-2H3,(H,24,28)(H,25,29). The van der Waals surface area contributed by atoms with Crippen LogP contribution in [0.25, 0.3) is 0 Å². The van der Waals surface area contributed by atoms with Gasteiger partial charge in [-0.25, -0.2) is 0 Å². The number of ether oxygens (including phenoxy) is 2. The van der Waals surface area contributed by atoms with Crippen molar-refractivity contribution in [3.05, 3.63) is 41.4 Å². The lowest BCUT2D eigenvalue weighted by Gasteiger charge is -2.30. The molecule has 3 N–H and O–H groups in total. The third-order valence-electron chi connectivity index (χ3n) is 5.24. The molecule has 0 aromatic heterocycles. The van der Waals surface area contributed by atoms with E-state index >= 15 is 0 Å². The Balaban J connectivity index is 1.51. The first-order valence-electron chi connectivity index (χ1n) is 9.94. The Bertz CT molecular complexity index is 945. The van der Waals surface area contributed by atoms with Crippen LogP contribution in [-0.2, 0) is 9.59 Å². The van der Waals surface area contributed by atoms with E-state index in [2.05, 4.69) is 10.6 Å². The number of piperidine rings is 1. The summed E-state index contributed by atoms with van der Waals surface area (Å²) in [7, 11) is 3.00. The van der Waals surface area contributed by atoms with Gasteiger partial charge in [-0.15, -0.1) is 0 Å². The van der Waals surface area contributed by atoms with Crippen LogP contribution in [0.3, 0.4) is 0 Å². The molecule has 1 saturated heterocycles. The van der Waals surface area contributed by atoms with Crippen LogP contribution in [0.1, 0.15) is 12.8 Å². The van der Waals surface area contributed by atoms with E-state index in [4.69, 9.17) is 21.1 Å². The number of likely N-dealkylation sites (tertiary alicyclic amines) is 1. The molecule has 1 aliphatic heterocycles. The molecule has 166 valence electrons. The minimum atomic E-state index is -0.195. The lowest BCUT2D eigenvalue weighted by molar-refractivity contribution is -0.121. The van der Waals surface area contributed by atoms with Crippen LogP contribution in [-0.4, -0.2) is 55.7 Å². The van der Waals surface area contributed by atoms with E-state index in [1.54, 1.807) is 30.3 Å². The van der Waals surface area contributed by atoms with E-state index < -0.39 is 0 Å². The lowest BCUT2D eigenvalue weighted by Crippen LogP contribution is -2.41. The van der Waals surface area contributed by atoms with Gasteiger partial charge in [-0.1, -0.05) is 23.7 Å². The van der Waals surface area contributed by atoms with E-state index in [-0.39, 0.29) is 30.0 Å². The molecule has 0 saturated carbocycles. The smallest absolute Gasteiger partial charge is 0.238 e. The molecule has 0 atom stereocenters. The fourth-order valence-corrected chi connectivity index (χ4v) is 3.75. The van der Waals surface area contributed by atoms with Crippen LogP contribution in [0.2, 0.25) is 5.02 Å². The molecule has 1 aliphatic rings. The number of carbonyl (C=O) groups is 2. The quantitative estimate of drug-likeness (QED) is 0.563. The highest BCUT2D eigenvalue weighted by molar-refractivity contribution is 6.32. The number of hydrogen-bond donors (Lipinski definition) is 3. The molecule has 1 fully saturated rings. The van der Waals surface area contributed by atoms with Gasteiger partial charge in [0.1, 0.15) is 17.2 Å². The number of anilines is 2. The van der Waals surface area contributed by atoms with Gasteiger partial charge in [0.05, 0.1) is 37.2 Å². The first kappa shape index (κ1) is 22.7. The maximum absolute atomic E-state index is 12.5. The number of phenols is 1. The van der Waals surface area contributed by atoms with E-state index in [0.29, 0.717) is 53.8 Å². The number of nitrogens with one attached hydrogen (secondary N) is 2. The van der Waals surface area contributed by atoms with Crippen molar-refractivity contribution in [1.29, 1.82) is 0 Å². The number of hydrogen-bond acceptors (Lipinski definition) is 6. The van der Waals surface area contributed by atoms with Crippen molar-refractivity contribution in [2.75, 3.05) is 44.5 Å². The van der Waals surface area contributed by atoms with Gasteiger partial charge in [-0.3, -0.25) is 14.5 Å². The van der Waals surface area contributed by atoms with Gasteiger partial charge < -0.3 is 25.2 Å². The Kier molecular flexibility index (Phi) is 7.59. The molecule has 9 heteroatoms. The zero-order valence-corrected chi connectivity index (χ0v) is 18.2. The van der Waals surface area contributed by atoms with E-state index in [1.807, 2.05) is 4.90 Å².